The summed E-state index contributed by atoms with van der Waals surface area (Å²) in [6.45, 7) is 0.425. The van der Waals surface area contributed by atoms with E-state index in [1.165, 1.54) is 27.8 Å². The molecule has 1 N–H and O–H groups in total. The van der Waals surface area contributed by atoms with Crippen molar-refractivity contribution >= 4 is 38.1 Å². The van der Waals surface area contributed by atoms with Gasteiger partial charge in [0.2, 0.25) is 0 Å². The van der Waals surface area contributed by atoms with E-state index in [1.807, 2.05) is 24.3 Å². The Hall–Kier alpha value is -2.71. The lowest BCUT2D eigenvalue weighted by molar-refractivity contribution is 0.102. The van der Waals surface area contributed by atoms with E-state index in [2.05, 4.69) is 10.3 Å². The zero-order valence-electron chi connectivity index (χ0n) is 14.3. The molecule has 0 radical (unpaired) electrons. The second-order valence-electron chi connectivity index (χ2n) is 6.13. The highest BCUT2D eigenvalue weighted by Crippen LogP contribution is 2.32. The number of rotatable bonds is 4. The molecule has 4 rings (SSSR count). The number of aromatic nitrogens is 1. The number of fused-ring (bicyclic) bond motifs is 1. The molecule has 8 heteroatoms. The maximum absolute atomic E-state index is 13.2. The Labute approximate surface area is 161 Å². The number of benzene rings is 2. The number of hydrogen-bond donors (Lipinski definition) is 1. The van der Waals surface area contributed by atoms with Crippen LogP contribution in [0.1, 0.15) is 22.3 Å². The largest absolute Gasteiger partial charge is 0.298 e. The summed E-state index contributed by atoms with van der Waals surface area (Å²) in [5, 5.41) is 4.90. The zero-order valence-corrected chi connectivity index (χ0v) is 16.0. The number of aryl methyl sites for hydroxylation is 1. The summed E-state index contributed by atoms with van der Waals surface area (Å²) in [4.78, 5) is 16.5. The average Bonchev–Trinajstić information content (AvgIpc) is 3.20. The lowest BCUT2D eigenvalue weighted by atomic mass is 10.0. The molecule has 0 aliphatic carbocycles. The molecule has 27 heavy (non-hydrogen) atoms. The van der Waals surface area contributed by atoms with E-state index in [0.717, 1.165) is 18.4 Å². The third-order valence-electron chi connectivity index (χ3n) is 4.40. The minimum Gasteiger partial charge on any atom is -0.298 e. The maximum Gasteiger partial charge on any atom is 0.264 e. The molecule has 0 spiro atoms. The van der Waals surface area contributed by atoms with Crippen LogP contribution >= 0.6 is 11.3 Å². The van der Waals surface area contributed by atoms with E-state index < -0.39 is 10.0 Å². The molecule has 0 bridgehead atoms. The van der Waals surface area contributed by atoms with Crippen LogP contribution < -0.4 is 9.62 Å². The molecule has 0 unspecified atom stereocenters. The van der Waals surface area contributed by atoms with Crippen LogP contribution in [-0.4, -0.2) is 25.9 Å². The Morgan fingerprint density at radius 1 is 1.15 bits per heavy atom. The first-order valence-electron chi connectivity index (χ1n) is 8.47. The maximum atomic E-state index is 13.2. The molecule has 3 aromatic rings. The predicted octanol–water partition coefficient (Wildman–Crippen LogP) is 3.54. The van der Waals surface area contributed by atoms with Crippen molar-refractivity contribution in [2.75, 3.05) is 16.2 Å². The van der Waals surface area contributed by atoms with Crippen molar-refractivity contribution in [1.29, 1.82) is 0 Å². The monoisotopic (exact) mass is 399 g/mol. The van der Waals surface area contributed by atoms with E-state index in [4.69, 9.17) is 0 Å². The topological polar surface area (TPSA) is 79.4 Å². The summed E-state index contributed by atoms with van der Waals surface area (Å²) in [5.41, 5.74) is 2.00. The average molecular weight is 399 g/mol. The highest BCUT2D eigenvalue weighted by molar-refractivity contribution is 7.92. The standard InChI is InChI=1S/C19H17N3O3S2/c23-18(21-19-20-10-12-26-19)15-6-3-8-16(13-15)27(24,25)22-11-4-7-14-5-1-2-9-17(14)22/h1-3,5-6,8-10,12-13H,4,7,11H2,(H,20,21,23). The van der Waals surface area contributed by atoms with Crippen LogP contribution in [-0.2, 0) is 16.4 Å². The van der Waals surface area contributed by atoms with Crippen LogP contribution in [0.5, 0.6) is 0 Å². The quantitative estimate of drug-likeness (QED) is 0.728. The number of nitrogens with one attached hydrogen (secondary N) is 1. The number of sulfonamides is 1. The van der Waals surface area contributed by atoms with Crippen molar-refractivity contribution < 1.29 is 13.2 Å². The van der Waals surface area contributed by atoms with Crippen LogP contribution in [0, 0.1) is 0 Å². The lowest BCUT2D eigenvalue weighted by Gasteiger charge is -2.30. The summed E-state index contributed by atoms with van der Waals surface area (Å²) in [6, 6.07) is 13.6. The summed E-state index contributed by atoms with van der Waals surface area (Å²) in [5.74, 6) is -0.388. The smallest absolute Gasteiger partial charge is 0.264 e. The first-order valence-corrected chi connectivity index (χ1v) is 10.8. The molecule has 6 nitrogen and oxygen atoms in total. The number of hydrogen-bond acceptors (Lipinski definition) is 5. The Morgan fingerprint density at radius 2 is 2.00 bits per heavy atom. The van der Waals surface area contributed by atoms with Gasteiger partial charge in [0.15, 0.2) is 5.13 Å². The van der Waals surface area contributed by atoms with Crippen LogP contribution in [0.25, 0.3) is 0 Å². The van der Waals surface area contributed by atoms with Gasteiger partial charge in [0.1, 0.15) is 0 Å². The van der Waals surface area contributed by atoms with E-state index >= 15 is 0 Å². The first-order chi connectivity index (χ1) is 13.1. The molecule has 2 heterocycles. The summed E-state index contributed by atoms with van der Waals surface area (Å²) in [6.07, 6.45) is 3.22. The van der Waals surface area contributed by atoms with Gasteiger partial charge >= 0.3 is 0 Å². The van der Waals surface area contributed by atoms with Gasteiger partial charge in [-0.25, -0.2) is 13.4 Å². The number of para-hydroxylation sites is 1. The molecule has 1 amide bonds. The molecule has 1 aromatic heterocycles. The minimum absolute atomic E-state index is 0.103. The van der Waals surface area contributed by atoms with Crippen LogP contribution in [0.4, 0.5) is 10.8 Å². The van der Waals surface area contributed by atoms with Crippen LogP contribution in [0.3, 0.4) is 0 Å². The van der Waals surface area contributed by atoms with Crippen LogP contribution in [0.15, 0.2) is 65.0 Å². The van der Waals surface area contributed by atoms with Gasteiger partial charge in [0.25, 0.3) is 15.9 Å². The second-order valence-corrected chi connectivity index (χ2v) is 8.89. The second kappa shape index (κ2) is 7.13. The molecule has 0 saturated carbocycles. The minimum atomic E-state index is -3.75. The van der Waals surface area contributed by atoms with Gasteiger partial charge in [-0.15, -0.1) is 11.3 Å². The van der Waals surface area contributed by atoms with Gasteiger partial charge in [0, 0.05) is 23.7 Å². The molecular formula is C19H17N3O3S2. The van der Waals surface area contributed by atoms with Gasteiger partial charge in [-0.2, -0.15) is 0 Å². The van der Waals surface area contributed by atoms with Crippen molar-refractivity contribution in [2.45, 2.75) is 17.7 Å². The van der Waals surface area contributed by atoms with Crippen molar-refractivity contribution in [3.63, 3.8) is 0 Å². The Bertz CT molecular complexity index is 1080. The summed E-state index contributed by atoms with van der Waals surface area (Å²) < 4.78 is 27.9. The third-order valence-corrected chi connectivity index (χ3v) is 6.90. The third kappa shape index (κ3) is 3.45. The number of carbonyl (C=O) groups is 1. The van der Waals surface area contributed by atoms with Gasteiger partial charge in [-0.3, -0.25) is 14.4 Å². The number of anilines is 2. The molecule has 138 valence electrons. The normalized spacial score (nSPS) is 13.9. The summed E-state index contributed by atoms with van der Waals surface area (Å²) >= 11 is 1.30. The van der Waals surface area contributed by atoms with Crippen molar-refractivity contribution in [1.82, 2.24) is 4.98 Å². The molecule has 0 saturated heterocycles. The number of amides is 1. The number of nitrogens with zero attached hydrogens (tertiary/aromatic N) is 2. The molecule has 0 fully saturated rings. The molecule has 0 atom stereocenters. The molecule has 1 aliphatic rings. The van der Waals surface area contributed by atoms with E-state index in [0.29, 0.717) is 17.4 Å². The SMILES string of the molecule is O=C(Nc1nccs1)c1cccc(S(=O)(=O)N2CCCc3ccccc32)c1. The molecule has 2 aromatic carbocycles. The molecular weight excluding hydrogens is 382 g/mol. The Kier molecular flexibility index (Phi) is 4.67. The highest BCUT2D eigenvalue weighted by atomic mass is 32.2. The van der Waals surface area contributed by atoms with E-state index in [1.54, 1.807) is 23.7 Å². The fourth-order valence-electron chi connectivity index (χ4n) is 3.13. The van der Waals surface area contributed by atoms with Gasteiger partial charge in [-0.1, -0.05) is 24.3 Å². The Morgan fingerprint density at radius 3 is 2.81 bits per heavy atom. The van der Waals surface area contributed by atoms with Crippen LogP contribution in [0.2, 0.25) is 0 Å². The first kappa shape index (κ1) is 17.7. The fourth-order valence-corrected chi connectivity index (χ4v) is 5.24. The fraction of sp³-hybridized carbons (Fsp3) is 0.158. The highest BCUT2D eigenvalue weighted by Gasteiger charge is 2.29. The van der Waals surface area contributed by atoms with Crippen molar-refractivity contribution in [2.24, 2.45) is 0 Å². The van der Waals surface area contributed by atoms with Gasteiger partial charge < -0.3 is 0 Å². The molecule has 1 aliphatic heterocycles. The predicted molar refractivity (Wildman–Crippen MR) is 106 cm³/mol. The lowest BCUT2D eigenvalue weighted by Crippen LogP contribution is -2.35. The summed E-state index contributed by atoms with van der Waals surface area (Å²) in [7, 11) is -3.75. The number of thiazole rings is 1. The van der Waals surface area contributed by atoms with Gasteiger partial charge in [-0.05, 0) is 42.7 Å². The van der Waals surface area contributed by atoms with E-state index in [-0.39, 0.29) is 16.4 Å². The van der Waals surface area contributed by atoms with Crippen molar-refractivity contribution in [3.05, 3.63) is 71.2 Å². The Balaban J connectivity index is 1.66. The van der Waals surface area contributed by atoms with E-state index in [9.17, 15) is 13.2 Å². The van der Waals surface area contributed by atoms with Gasteiger partial charge in [0.05, 0.1) is 10.6 Å². The van der Waals surface area contributed by atoms with Crippen molar-refractivity contribution in [3.8, 4) is 0 Å². The number of carbonyl (C=O) groups excluding carboxylic acids is 1. The zero-order chi connectivity index (χ0) is 18.9.